The Morgan fingerprint density at radius 3 is 2.17 bits per heavy atom. The van der Waals surface area contributed by atoms with Crippen LogP contribution in [0, 0.1) is 35.5 Å². The SMILES string of the molecule is O=C([C@H](Cc1ccccc1)N1C(=O)[C@@H]2[C@H]3C=C[C@@H]([C@@H]4C[C@@H]34)[C@H]2C1=O)N1CCOCC1. The van der Waals surface area contributed by atoms with Gasteiger partial charge in [0.25, 0.3) is 0 Å². The van der Waals surface area contributed by atoms with Crippen molar-refractivity contribution >= 4 is 17.7 Å². The number of hydrogen-bond acceptors (Lipinski definition) is 4. The first-order chi connectivity index (χ1) is 14.6. The van der Waals surface area contributed by atoms with Crippen molar-refractivity contribution in [3.05, 3.63) is 48.0 Å². The van der Waals surface area contributed by atoms with Gasteiger partial charge < -0.3 is 9.64 Å². The van der Waals surface area contributed by atoms with Gasteiger partial charge in [-0.2, -0.15) is 0 Å². The molecule has 6 nitrogen and oxygen atoms in total. The minimum absolute atomic E-state index is 0.128. The largest absolute Gasteiger partial charge is 0.378 e. The zero-order valence-corrected chi connectivity index (χ0v) is 16.9. The molecule has 0 N–H and O–H groups in total. The minimum atomic E-state index is -0.771. The molecule has 2 aliphatic heterocycles. The van der Waals surface area contributed by atoms with Gasteiger partial charge >= 0.3 is 0 Å². The fraction of sp³-hybridized carbons (Fsp3) is 0.542. The number of morpholine rings is 1. The molecule has 30 heavy (non-hydrogen) atoms. The first-order valence-corrected chi connectivity index (χ1v) is 11.1. The number of carbonyl (C=O) groups excluding carboxylic acids is 3. The molecule has 2 heterocycles. The first kappa shape index (κ1) is 18.3. The Labute approximate surface area is 175 Å². The second-order valence-electron chi connectivity index (χ2n) is 9.34. The van der Waals surface area contributed by atoms with E-state index in [0.717, 1.165) is 12.0 Å². The predicted octanol–water partition coefficient (Wildman–Crippen LogP) is 1.51. The molecule has 4 aliphatic carbocycles. The second kappa shape index (κ2) is 6.77. The lowest BCUT2D eigenvalue weighted by Crippen LogP contribution is -2.54. The fourth-order valence-corrected chi connectivity index (χ4v) is 6.41. The Morgan fingerprint density at radius 2 is 1.57 bits per heavy atom. The number of amides is 3. The number of ether oxygens (including phenoxy) is 1. The van der Waals surface area contributed by atoms with Gasteiger partial charge in [0.15, 0.2) is 0 Å². The van der Waals surface area contributed by atoms with Crippen LogP contribution in [0.1, 0.15) is 12.0 Å². The van der Waals surface area contributed by atoms with Crippen LogP contribution in [0.25, 0.3) is 0 Å². The third-order valence-corrected chi connectivity index (χ3v) is 7.89. The normalized spacial score (nSPS) is 37.2. The molecule has 156 valence electrons. The summed E-state index contributed by atoms with van der Waals surface area (Å²) >= 11 is 0. The van der Waals surface area contributed by atoms with E-state index in [1.54, 1.807) is 4.90 Å². The lowest BCUT2D eigenvalue weighted by Gasteiger charge is -2.37. The molecule has 0 aromatic heterocycles. The molecule has 0 unspecified atom stereocenters. The van der Waals surface area contributed by atoms with Crippen molar-refractivity contribution in [2.24, 2.45) is 35.5 Å². The molecule has 1 aromatic carbocycles. The maximum atomic E-state index is 13.6. The molecule has 7 rings (SSSR count). The standard InChI is InChI=1S/C24H26N2O4/c27-22(25-8-10-30-11-9-25)19(12-14-4-2-1-3-5-14)26-23(28)20-15-6-7-16(18-13-17(15)18)21(20)24(26)29/h1-7,15-21H,8-13H2/t15-,16-,17-,18-,19-,20+,21+/m0/s1. The third-order valence-electron chi connectivity index (χ3n) is 7.89. The molecule has 0 spiro atoms. The number of allylic oxidation sites excluding steroid dienone is 2. The van der Waals surface area contributed by atoms with Crippen LogP contribution >= 0.6 is 0 Å². The predicted molar refractivity (Wildman–Crippen MR) is 108 cm³/mol. The molecule has 6 aliphatic rings. The van der Waals surface area contributed by atoms with Gasteiger partial charge in [0.1, 0.15) is 6.04 Å². The van der Waals surface area contributed by atoms with E-state index in [4.69, 9.17) is 4.74 Å². The lowest BCUT2D eigenvalue weighted by molar-refractivity contribution is -0.153. The highest BCUT2D eigenvalue weighted by atomic mass is 16.5. The summed E-state index contributed by atoms with van der Waals surface area (Å²) < 4.78 is 5.40. The van der Waals surface area contributed by atoms with Gasteiger partial charge in [-0.25, -0.2) is 0 Å². The van der Waals surface area contributed by atoms with Crippen molar-refractivity contribution in [1.82, 2.24) is 9.80 Å². The van der Waals surface area contributed by atoms with Crippen molar-refractivity contribution in [3.63, 3.8) is 0 Å². The molecular weight excluding hydrogens is 380 g/mol. The van der Waals surface area contributed by atoms with E-state index >= 15 is 0 Å². The number of imide groups is 1. The van der Waals surface area contributed by atoms with Crippen molar-refractivity contribution < 1.29 is 19.1 Å². The average molecular weight is 406 g/mol. The van der Waals surface area contributed by atoms with Crippen molar-refractivity contribution in [2.75, 3.05) is 26.3 Å². The molecule has 2 saturated carbocycles. The smallest absolute Gasteiger partial charge is 0.246 e. The molecule has 2 saturated heterocycles. The number of carbonyl (C=O) groups is 3. The Kier molecular flexibility index (Phi) is 4.13. The molecular formula is C24H26N2O4. The van der Waals surface area contributed by atoms with Crippen LogP contribution in [0.5, 0.6) is 0 Å². The van der Waals surface area contributed by atoms with Crippen molar-refractivity contribution in [3.8, 4) is 0 Å². The van der Waals surface area contributed by atoms with Crippen LogP contribution in [-0.4, -0.2) is 59.9 Å². The van der Waals surface area contributed by atoms with Gasteiger partial charge in [-0.1, -0.05) is 42.5 Å². The highest BCUT2D eigenvalue weighted by molar-refractivity contribution is 6.09. The number of likely N-dealkylation sites (tertiary alicyclic amines) is 1. The summed E-state index contributed by atoms with van der Waals surface area (Å²) in [7, 11) is 0. The van der Waals surface area contributed by atoms with Crippen LogP contribution < -0.4 is 0 Å². The number of hydrogen-bond donors (Lipinski definition) is 0. The van der Waals surface area contributed by atoms with E-state index in [0.29, 0.717) is 44.6 Å². The molecule has 0 radical (unpaired) electrons. The van der Waals surface area contributed by atoms with Gasteiger partial charge in [-0.05, 0) is 35.7 Å². The number of rotatable bonds is 4. The summed E-state index contributed by atoms with van der Waals surface area (Å²) in [5.74, 6) is 0.520. The van der Waals surface area contributed by atoms with Crippen molar-refractivity contribution in [2.45, 2.75) is 18.9 Å². The summed E-state index contributed by atoms with van der Waals surface area (Å²) in [4.78, 5) is 43.9. The Hall–Kier alpha value is -2.47. The Balaban J connectivity index is 1.34. The van der Waals surface area contributed by atoms with Gasteiger partial charge in [0.05, 0.1) is 25.0 Å². The van der Waals surface area contributed by atoms with Gasteiger partial charge in [0.2, 0.25) is 17.7 Å². The topological polar surface area (TPSA) is 66.9 Å². The highest BCUT2D eigenvalue weighted by Crippen LogP contribution is 2.65. The summed E-state index contributed by atoms with van der Waals surface area (Å²) in [6, 6.07) is 8.93. The van der Waals surface area contributed by atoms with E-state index in [-0.39, 0.29) is 41.4 Å². The number of benzene rings is 1. The maximum absolute atomic E-state index is 13.6. The molecule has 4 fully saturated rings. The highest BCUT2D eigenvalue weighted by Gasteiger charge is 2.68. The molecule has 1 aromatic rings. The first-order valence-electron chi connectivity index (χ1n) is 11.1. The van der Waals surface area contributed by atoms with Crippen LogP contribution in [0.2, 0.25) is 0 Å². The van der Waals surface area contributed by atoms with Gasteiger partial charge in [-0.3, -0.25) is 19.3 Å². The summed E-state index contributed by atoms with van der Waals surface area (Å²) in [5.41, 5.74) is 0.962. The second-order valence-corrected chi connectivity index (χ2v) is 9.34. The zero-order valence-electron chi connectivity index (χ0n) is 16.9. The lowest BCUT2D eigenvalue weighted by atomic mass is 9.63. The molecule has 3 amide bonds. The Bertz CT molecular complexity index is 886. The third kappa shape index (κ3) is 2.62. The van der Waals surface area contributed by atoms with E-state index in [1.165, 1.54) is 4.90 Å². The maximum Gasteiger partial charge on any atom is 0.246 e. The monoisotopic (exact) mass is 406 g/mol. The Morgan fingerprint density at radius 1 is 0.967 bits per heavy atom. The van der Waals surface area contributed by atoms with Crippen LogP contribution in [-0.2, 0) is 25.5 Å². The van der Waals surface area contributed by atoms with E-state index < -0.39 is 6.04 Å². The van der Waals surface area contributed by atoms with E-state index in [1.807, 2.05) is 30.3 Å². The molecule has 7 atom stereocenters. The zero-order chi connectivity index (χ0) is 20.4. The fourth-order valence-electron chi connectivity index (χ4n) is 6.41. The van der Waals surface area contributed by atoms with Crippen LogP contribution in [0.15, 0.2) is 42.5 Å². The minimum Gasteiger partial charge on any atom is -0.378 e. The average Bonchev–Trinajstić information content (AvgIpc) is 3.57. The van der Waals surface area contributed by atoms with E-state index in [2.05, 4.69) is 12.2 Å². The molecule has 6 heteroatoms. The van der Waals surface area contributed by atoms with Crippen molar-refractivity contribution in [1.29, 1.82) is 0 Å². The van der Waals surface area contributed by atoms with Gasteiger partial charge in [0, 0.05) is 19.5 Å². The van der Waals surface area contributed by atoms with Crippen LogP contribution in [0.4, 0.5) is 0 Å². The summed E-state index contributed by atoms with van der Waals surface area (Å²) in [6.45, 7) is 2.00. The van der Waals surface area contributed by atoms with Gasteiger partial charge in [-0.15, -0.1) is 0 Å². The quantitative estimate of drug-likeness (QED) is 0.562. The summed E-state index contributed by atoms with van der Waals surface area (Å²) in [6.07, 6.45) is 5.84. The van der Waals surface area contributed by atoms with E-state index in [9.17, 15) is 14.4 Å². The van der Waals surface area contributed by atoms with Crippen LogP contribution in [0.3, 0.4) is 0 Å². The summed E-state index contributed by atoms with van der Waals surface area (Å²) in [5, 5.41) is 0. The number of nitrogens with zero attached hydrogens (tertiary/aromatic N) is 2. The molecule has 2 bridgehead atoms.